The van der Waals surface area contributed by atoms with Gasteiger partial charge < -0.3 is 5.73 Å². The minimum atomic E-state index is 0.279. The monoisotopic (exact) mass is 200 g/mol. The van der Waals surface area contributed by atoms with Crippen LogP contribution in [-0.2, 0) is 0 Å². The molecule has 0 spiro atoms. The maximum atomic E-state index is 5.58. The molecule has 0 aliphatic rings. The number of halogens is 1. The van der Waals surface area contributed by atoms with Crippen LogP contribution >= 0.6 is 15.9 Å². The van der Waals surface area contributed by atoms with E-state index in [1.165, 1.54) is 0 Å². The molecule has 0 bridgehead atoms. The highest BCUT2D eigenvalue weighted by atomic mass is 79.9. The number of anilines is 1. The quantitative estimate of drug-likeness (QED) is 0.706. The molecule has 0 saturated carbocycles. The van der Waals surface area contributed by atoms with Gasteiger partial charge in [0.05, 0.1) is 0 Å². The summed E-state index contributed by atoms with van der Waals surface area (Å²) in [5.41, 5.74) is 6.62. The van der Waals surface area contributed by atoms with E-state index < -0.39 is 0 Å². The lowest BCUT2D eigenvalue weighted by Gasteiger charge is -2.04. The zero-order valence-electron chi connectivity index (χ0n) is 5.71. The van der Waals surface area contributed by atoms with Gasteiger partial charge in [-0.25, -0.2) is 4.98 Å². The van der Waals surface area contributed by atoms with Crippen LogP contribution in [0.25, 0.3) is 0 Å². The average Bonchev–Trinajstić information content (AvgIpc) is 1.88. The largest absolute Gasteiger partial charge is 0.383 e. The average molecular weight is 201 g/mol. The predicted octanol–water partition coefficient (Wildman–Crippen LogP) is 2.12. The number of pyridine rings is 1. The van der Waals surface area contributed by atoms with Crippen LogP contribution < -0.4 is 5.73 Å². The van der Waals surface area contributed by atoms with Crippen LogP contribution in [0.4, 0.5) is 5.82 Å². The lowest BCUT2D eigenvalue weighted by Crippen LogP contribution is -1.96. The number of nitrogens with two attached hydrogens (primary N) is 1. The molecule has 1 atom stereocenters. The van der Waals surface area contributed by atoms with Gasteiger partial charge >= 0.3 is 0 Å². The molecule has 10 heavy (non-hydrogen) atoms. The van der Waals surface area contributed by atoms with Crippen molar-refractivity contribution in [2.45, 2.75) is 11.8 Å². The Kier molecular flexibility index (Phi) is 2.27. The molecule has 3 heteroatoms. The Balaban J connectivity index is 3.03. The Hall–Kier alpha value is -0.570. The topological polar surface area (TPSA) is 38.9 Å². The highest BCUT2D eigenvalue weighted by molar-refractivity contribution is 9.09. The molecular weight excluding hydrogens is 192 g/mol. The number of nitrogen functional groups attached to an aromatic ring is 1. The van der Waals surface area contributed by atoms with Gasteiger partial charge in [0.15, 0.2) is 0 Å². The predicted molar refractivity (Wildman–Crippen MR) is 46.0 cm³/mol. The fourth-order valence-electron chi connectivity index (χ4n) is 0.766. The van der Waals surface area contributed by atoms with Crippen molar-refractivity contribution >= 4 is 21.7 Å². The van der Waals surface area contributed by atoms with Gasteiger partial charge in [0.1, 0.15) is 5.82 Å². The van der Waals surface area contributed by atoms with Crippen molar-refractivity contribution in [2.75, 3.05) is 5.73 Å². The number of rotatable bonds is 1. The molecule has 1 unspecified atom stereocenters. The summed E-state index contributed by atoms with van der Waals surface area (Å²) in [5, 5.41) is 0. The van der Waals surface area contributed by atoms with Crippen LogP contribution in [0.3, 0.4) is 0 Å². The lowest BCUT2D eigenvalue weighted by molar-refractivity contribution is 1.10. The molecule has 54 valence electrons. The fraction of sp³-hybridized carbons (Fsp3) is 0.286. The van der Waals surface area contributed by atoms with Crippen LogP contribution in [-0.4, -0.2) is 4.98 Å². The van der Waals surface area contributed by atoms with E-state index in [-0.39, 0.29) is 4.83 Å². The zero-order chi connectivity index (χ0) is 7.56. The molecule has 1 aromatic heterocycles. The first-order valence-corrected chi connectivity index (χ1v) is 3.98. The van der Waals surface area contributed by atoms with E-state index >= 15 is 0 Å². The fourth-order valence-corrected chi connectivity index (χ4v) is 1.15. The van der Waals surface area contributed by atoms with E-state index in [9.17, 15) is 0 Å². The summed E-state index contributed by atoms with van der Waals surface area (Å²) in [4.78, 5) is 4.23. The third-order valence-electron chi connectivity index (χ3n) is 1.30. The summed E-state index contributed by atoms with van der Waals surface area (Å²) in [6.45, 7) is 2.02. The molecule has 0 aliphatic carbocycles. The van der Waals surface area contributed by atoms with Gasteiger partial charge in [-0.1, -0.05) is 22.0 Å². The second-order valence-corrected chi connectivity index (χ2v) is 3.47. The van der Waals surface area contributed by atoms with Crippen molar-refractivity contribution < 1.29 is 0 Å². The van der Waals surface area contributed by atoms with Gasteiger partial charge in [-0.15, -0.1) is 0 Å². The van der Waals surface area contributed by atoms with Crippen molar-refractivity contribution in [2.24, 2.45) is 0 Å². The number of alkyl halides is 1. The second-order valence-electron chi connectivity index (χ2n) is 2.09. The standard InChI is InChI=1S/C7H9BrN2/c1-5(8)6-3-2-4-10-7(6)9/h2-5H,1H3,(H2,9,10). The summed E-state index contributed by atoms with van der Waals surface area (Å²) < 4.78 is 0. The third-order valence-corrected chi connectivity index (χ3v) is 1.79. The zero-order valence-corrected chi connectivity index (χ0v) is 7.30. The van der Waals surface area contributed by atoms with Gasteiger partial charge in [-0.05, 0) is 13.0 Å². The molecular formula is C7H9BrN2. The summed E-state index contributed by atoms with van der Waals surface area (Å²) in [5.74, 6) is 0.604. The van der Waals surface area contributed by atoms with E-state index in [1.54, 1.807) is 6.20 Å². The van der Waals surface area contributed by atoms with Crippen molar-refractivity contribution in [1.29, 1.82) is 0 Å². The molecule has 0 aromatic carbocycles. The Morgan fingerprint density at radius 1 is 1.70 bits per heavy atom. The highest BCUT2D eigenvalue weighted by Gasteiger charge is 2.03. The maximum absolute atomic E-state index is 5.58. The molecule has 1 rings (SSSR count). The first-order chi connectivity index (χ1) is 4.72. The van der Waals surface area contributed by atoms with Crippen molar-refractivity contribution in [3.63, 3.8) is 0 Å². The molecule has 0 saturated heterocycles. The number of hydrogen-bond acceptors (Lipinski definition) is 2. The SMILES string of the molecule is CC(Br)c1cccnc1N. The van der Waals surface area contributed by atoms with Crippen molar-refractivity contribution in [3.8, 4) is 0 Å². The van der Waals surface area contributed by atoms with Crippen LogP contribution in [0, 0.1) is 0 Å². The van der Waals surface area contributed by atoms with E-state index in [4.69, 9.17) is 5.73 Å². The number of nitrogens with zero attached hydrogens (tertiary/aromatic N) is 1. The molecule has 0 fully saturated rings. The van der Waals surface area contributed by atoms with Crippen LogP contribution in [0.2, 0.25) is 0 Å². The summed E-state index contributed by atoms with van der Waals surface area (Å²) in [6.07, 6.45) is 1.69. The minimum absolute atomic E-state index is 0.279. The smallest absolute Gasteiger partial charge is 0.127 e. The van der Waals surface area contributed by atoms with Crippen molar-refractivity contribution in [3.05, 3.63) is 23.9 Å². The molecule has 2 N–H and O–H groups in total. The third kappa shape index (κ3) is 1.48. The van der Waals surface area contributed by atoms with Gasteiger partial charge in [0, 0.05) is 16.6 Å². The maximum Gasteiger partial charge on any atom is 0.127 e. The second kappa shape index (κ2) is 3.01. The van der Waals surface area contributed by atoms with Crippen LogP contribution in [0.5, 0.6) is 0 Å². The van der Waals surface area contributed by atoms with Gasteiger partial charge in [0.25, 0.3) is 0 Å². The van der Waals surface area contributed by atoms with Crippen LogP contribution in [0.1, 0.15) is 17.3 Å². The number of hydrogen-bond donors (Lipinski definition) is 1. The van der Waals surface area contributed by atoms with Gasteiger partial charge in [-0.2, -0.15) is 0 Å². The number of aromatic nitrogens is 1. The highest BCUT2D eigenvalue weighted by Crippen LogP contribution is 2.24. The van der Waals surface area contributed by atoms with Crippen molar-refractivity contribution in [1.82, 2.24) is 4.98 Å². The summed E-state index contributed by atoms with van der Waals surface area (Å²) >= 11 is 3.41. The van der Waals surface area contributed by atoms with Gasteiger partial charge in [0.2, 0.25) is 0 Å². The Bertz CT molecular complexity index is 223. The molecule has 1 aromatic rings. The molecule has 2 nitrogen and oxygen atoms in total. The van der Waals surface area contributed by atoms with E-state index in [0.717, 1.165) is 5.56 Å². The molecule has 0 amide bonds. The Morgan fingerprint density at radius 2 is 2.40 bits per heavy atom. The van der Waals surface area contributed by atoms with Crippen LogP contribution in [0.15, 0.2) is 18.3 Å². The normalized spacial score (nSPS) is 13.0. The van der Waals surface area contributed by atoms with E-state index in [0.29, 0.717) is 5.82 Å². The summed E-state index contributed by atoms with van der Waals surface area (Å²) in [7, 11) is 0. The first-order valence-electron chi connectivity index (χ1n) is 3.06. The summed E-state index contributed by atoms with van der Waals surface area (Å²) in [6, 6.07) is 3.84. The first kappa shape index (κ1) is 7.54. The Morgan fingerprint density at radius 3 is 2.80 bits per heavy atom. The minimum Gasteiger partial charge on any atom is -0.383 e. The molecule has 0 radical (unpaired) electrons. The lowest BCUT2D eigenvalue weighted by atomic mass is 10.2. The van der Waals surface area contributed by atoms with E-state index in [2.05, 4.69) is 20.9 Å². The Labute approximate surface area is 68.6 Å². The molecule has 1 heterocycles. The van der Waals surface area contributed by atoms with E-state index in [1.807, 2.05) is 19.1 Å². The van der Waals surface area contributed by atoms with Gasteiger partial charge in [-0.3, -0.25) is 0 Å². The molecule has 0 aliphatic heterocycles.